The number of hydrogen-bond donors (Lipinski definition) is 2. The molecule has 10 nitrogen and oxygen atoms in total. The zero-order chi connectivity index (χ0) is 27.2. The van der Waals surface area contributed by atoms with Crippen molar-refractivity contribution < 1.29 is 24.2 Å². The molecule has 1 saturated heterocycles. The van der Waals surface area contributed by atoms with E-state index in [1.165, 1.54) is 19.8 Å². The number of carbonyl (C=O) groups is 2. The van der Waals surface area contributed by atoms with Crippen LogP contribution in [0.2, 0.25) is 0 Å². The number of carboxylic acids is 1. The zero-order valence-electron chi connectivity index (χ0n) is 21.5. The average Bonchev–Trinajstić information content (AvgIpc) is 2.91. The van der Waals surface area contributed by atoms with E-state index in [-0.39, 0.29) is 38.1 Å². The number of hydrogen-bond acceptors (Lipinski definition) is 8. The van der Waals surface area contributed by atoms with Gasteiger partial charge in [0.2, 0.25) is 11.8 Å². The summed E-state index contributed by atoms with van der Waals surface area (Å²) >= 11 is 4.59. The van der Waals surface area contributed by atoms with Crippen molar-refractivity contribution in [1.29, 1.82) is 0 Å². The predicted molar refractivity (Wildman–Crippen MR) is 160 cm³/mol. The fourth-order valence-corrected chi connectivity index (χ4v) is 7.29. The minimum atomic E-state index is -0.884. The Morgan fingerprint density at radius 1 is 1.26 bits per heavy atom. The summed E-state index contributed by atoms with van der Waals surface area (Å²) in [6.45, 7) is 1.58. The van der Waals surface area contributed by atoms with Crippen molar-refractivity contribution in [2.45, 2.75) is 58.8 Å². The third kappa shape index (κ3) is 7.16. The van der Waals surface area contributed by atoms with Crippen molar-refractivity contribution in [2.75, 3.05) is 32.6 Å². The quantitative estimate of drug-likeness (QED) is 0.209. The molecule has 2 aromatic rings. The molecule has 0 aliphatic carbocycles. The number of carbonyl (C=O) groups excluding carboxylic acids is 1. The molecule has 2 N–H and O–H groups in total. The molecule has 1 amide bonds. The summed E-state index contributed by atoms with van der Waals surface area (Å²) in [5, 5.41) is 12.9. The molecule has 0 saturated carbocycles. The maximum absolute atomic E-state index is 13.4. The molecule has 4 rings (SSSR count). The van der Waals surface area contributed by atoms with Gasteiger partial charge in [-0.05, 0) is 49.7 Å². The maximum Gasteiger partial charge on any atom is 0.319 e. The van der Waals surface area contributed by atoms with Crippen LogP contribution in [-0.2, 0) is 22.4 Å². The number of carboxylic acid groups (broad SMARTS) is 1. The summed E-state index contributed by atoms with van der Waals surface area (Å²) in [6.07, 6.45) is 6.57. The highest BCUT2D eigenvalue weighted by atomic mass is 127. The van der Waals surface area contributed by atoms with Crippen molar-refractivity contribution in [1.82, 2.24) is 19.9 Å². The van der Waals surface area contributed by atoms with Crippen LogP contribution in [0.3, 0.4) is 0 Å². The number of ether oxygens (including phenoxy) is 2. The largest absolute Gasteiger partial charge is 0.481 e. The Hall–Kier alpha value is -1.97. The van der Waals surface area contributed by atoms with Crippen molar-refractivity contribution >= 4 is 62.9 Å². The SMILES string of the molecule is COc1ncc(C(CC(=O)O)CC2CCN(C(=O)C(I)Cc3ccc4c(n3)NCCC4)C(I)C2)c(OC)n1. The van der Waals surface area contributed by atoms with Gasteiger partial charge in [-0.25, -0.2) is 9.97 Å². The van der Waals surface area contributed by atoms with Gasteiger partial charge in [-0.1, -0.05) is 51.2 Å². The fraction of sp³-hybridized carbons (Fsp3) is 0.577. The number of aryl methyl sites for hydroxylation is 1. The Morgan fingerprint density at radius 3 is 2.79 bits per heavy atom. The minimum absolute atomic E-state index is 0.0359. The van der Waals surface area contributed by atoms with Crippen LogP contribution < -0.4 is 14.8 Å². The van der Waals surface area contributed by atoms with Crippen LogP contribution in [0, 0.1) is 5.92 Å². The number of amides is 1. The highest BCUT2D eigenvalue weighted by Crippen LogP contribution is 2.39. The molecular formula is C26H33I2N5O5. The highest BCUT2D eigenvalue weighted by molar-refractivity contribution is 14.1. The molecule has 2 aliphatic heterocycles. The lowest BCUT2D eigenvalue weighted by atomic mass is 9.82. The molecular weight excluding hydrogens is 716 g/mol. The van der Waals surface area contributed by atoms with E-state index in [9.17, 15) is 14.7 Å². The molecule has 12 heteroatoms. The van der Waals surface area contributed by atoms with Gasteiger partial charge in [-0.15, -0.1) is 0 Å². The number of methoxy groups -OCH3 is 2. The Morgan fingerprint density at radius 2 is 2.08 bits per heavy atom. The number of likely N-dealkylation sites (tertiary alicyclic amines) is 1. The summed E-state index contributed by atoms with van der Waals surface area (Å²) in [5.41, 5.74) is 2.84. The molecule has 0 radical (unpaired) electrons. The topological polar surface area (TPSA) is 127 Å². The third-order valence-corrected chi connectivity index (χ3v) is 9.30. The molecule has 4 atom stereocenters. The van der Waals surface area contributed by atoms with Crippen LogP contribution in [0.25, 0.3) is 0 Å². The van der Waals surface area contributed by atoms with Gasteiger partial charge in [0.1, 0.15) is 5.82 Å². The van der Waals surface area contributed by atoms with Crippen LogP contribution in [0.15, 0.2) is 18.3 Å². The lowest BCUT2D eigenvalue weighted by Gasteiger charge is -2.38. The first-order valence-electron chi connectivity index (χ1n) is 12.8. The Kier molecular flexibility index (Phi) is 10.2. The first kappa shape index (κ1) is 29.0. The summed E-state index contributed by atoms with van der Waals surface area (Å²) in [4.78, 5) is 40.2. The maximum atomic E-state index is 13.4. The number of pyridine rings is 1. The Bertz CT molecular complexity index is 1150. The number of alkyl halides is 2. The first-order valence-corrected chi connectivity index (χ1v) is 15.3. The molecule has 4 unspecified atom stereocenters. The van der Waals surface area contributed by atoms with E-state index in [1.807, 2.05) is 11.0 Å². The van der Waals surface area contributed by atoms with Gasteiger partial charge in [-0.2, -0.15) is 4.98 Å². The normalized spacial score (nSPS) is 20.6. The second-order valence-corrected chi connectivity index (χ2v) is 12.7. The van der Waals surface area contributed by atoms with Crippen LogP contribution in [-0.4, -0.2) is 72.1 Å². The molecule has 4 heterocycles. The molecule has 2 aliphatic rings. The van der Waals surface area contributed by atoms with E-state index in [0.29, 0.717) is 30.8 Å². The number of nitrogens with one attached hydrogen (secondary N) is 1. The van der Waals surface area contributed by atoms with Crippen molar-refractivity contribution in [3.05, 3.63) is 35.2 Å². The van der Waals surface area contributed by atoms with Gasteiger partial charge in [0.05, 0.1) is 28.6 Å². The van der Waals surface area contributed by atoms with Crippen LogP contribution in [0.1, 0.15) is 54.8 Å². The van der Waals surface area contributed by atoms with E-state index in [1.54, 1.807) is 6.20 Å². The molecule has 0 aromatic carbocycles. The zero-order valence-corrected chi connectivity index (χ0v) is 25.8. The van der Waals surface area contributed by atoms with E-state index in [2.05, 4.69) is 66.5 Å². The van der Waals surface area contributed by atoms with E-state index in [4.69, 9.17) is 14.5 Å². The Balaban J connectivity index is 1.38. The van der Waals surface area contributed by atoms with Crippen molar-refractivity contribution in [3.8, 4) is 11.9 Å². The molecule has 206 valence electrons. The summed E-state index contributed by atoms with van der Waals surface area (Å²) in [5.74, 6) is 0.490. The van der Waals surface area contributed by atoms with Gasteiger partial charge >= 0.3 is 12.0 Å². The number of fused-ring (bicyclic) bond motifs is 1. The van der Waals surface area contributed by atoms with Gasteiger partial charge in [0, 0.05) is 42.9 Å². The predicted octanol–water partition coefficient (Wildman–Crippen LogP) is 4.24. The second-order valence-electron chi connectivity index (χ2n) is 9.72. The fourth-order valence-electron chi connectivity index (χ4n) is 5.21. The number of piperidine rings is 1. The lowest BCUT2D eigenvalue weighted by molar-refractivity contribution is -0.137. The van der Waals surface area contributed by atoms with Gasteiger partial charge < -0.3 is 24.8 Å². The van der Waals surface area contributed by atoms with Crippen LogP contribution in [0.5, 0.6) is 11.9 Å². The summed E-state index contributed by atoms with van der Waals surface area (Å²) < 4.78 is 10.4. The van der Waals surface area contributed by atoms with E-state index < -0.39 is 5.97 Å². The number of rotatable bonds is 10. The van der Waals surface area contributed by atoms with Crippen molar-refractivity contribution in [3.63, 3.8) is 0 Å². The number of anilines is 1. The summed E-state index contributed by atoms with van der Waals surface area (Å²) in [7, 11) is 2.98. The molecule has 2 aromatic heterocycles. The van der Waals surface area contributed by atoms with Crippen LogP contribution in [0.4, 0.5) is 5.82 Å². The number of nitrogens with zero attached hydrogens (tertiary/aromatic N) is 4. The van der Waals surface area contributed by atoms with E-state index >= 15 is 0 Å². The highest BCUT2D eigenvalue weighted by Gasteiger charge is 2.35. The second kappa shape index (κ2) is 13.4. The monoisotopic (exact) mass is 749 g/mol. The van der Waals surface area contributed by atoms with Gasteiger partial charge in [0.25, 0.3) is 0 Å². The number of halogens is 2. The summed E-state index contributed by atoms with van der Waals surface area (Å²) in [6, 6.07) is 4.34. The van der Waals surface area contributed by atoms with Crippen LogP contribution >= 0.6 is 45.2 Å². The van der Waals surface area contributed by atoms with Gasteiger partial charge in [-0.3, -0.25) is 9.59 Å². The molecule has 1 fully saturated rings. The van der Waals surface area contributed by atoms with E-state index in [0.717, 1.165) is 43.7 Å². The number of aliphatic carboxylic acids is 1. The first-order chi connectivity index (χ1) is 18.3. The molecule has 0 spiro atoms. The smallest absolute Gasteiger partial charge is 0.319 e. The molecule has 0 bridgehead atoms. The third-order valence-electron chi connectivity index (χ3n) is 7.15. The lowest BCUT2D eigenvalue weighted by Crippen LogP contribution is -2.46. The van der Waals surface area contributed by atoms with Gasteiger partial charge in [0.15, 0.2) is 0 Å². The minimum Gasteiger partial charge on any atom is -0.481 e. The average molecular weight is 749 g/mol. The Labute approximate surface area is 250 Å². The van der Waals surface area contributed by atoms with Crippen molar-refractivity contribution in [2.24, 2.45) is 5.92 Å². The molecule has 38 heavy (non-hydrogen) atoms. The number of aromatic nitrogens is 3. The standard InChI is InChI=1S/C26H33I2N5O5/c1-37-24-19(14-30-26(32-24)38-2)17(12-22(34)35)10-15-7-9-33(21(28)11-15)25(36)20(27)13-18-6-5-16-4-3-8-29-23(16)31-18/h5-6,14-15,17,20-21H,3-4,7-13H2,1-2H3,(H,29,31)(H,34,35).